The Morgan fingerprint density at radius 1 is 0.762 bits per heavy atom. The molecule has 0 spiro atoms. The smallest absolute Gasteiger partial charge is 0.00701 e. The Kier molecular flexibility index (Phi) is 5.79. The molecule has 2 rings (SSSR count). The van der Waals surface area contributed by atoms with Crippen LogP contribution in [-0.2, 0) is 0 Å². The van der Waals surface area contributed by atoms with Gasteiger partial charge >= 0.3 is 0 Å². The summed E-state index contributed by atoms with van der Waals surface area (Å²) in [6.07, 6.45) is 13.0. The van der Waals surface area contributed by atoms with Crippen molar-refractivity contribution >= 4 is 0 Å². The van der Waals surface area contributed by atoms with Crippen molar-refractivity contribution in [2.45, 2.75) is 98.4 Å². The lowest BCUT2D eigenvalue weighted by atomic mass is 9.69. The molecule has 0 aromatic carbocycles. The van der Waals surface area contributed by atoms with Gasteiger partial charge in [-0.25, -0.2) is 0 Å². The third-order valence-electron chi connectivity index (χ3n) is 6.46. The van der Waals surface area contributed by atoms with Crippen LogP contribution in [-0.4, -0.2) is 12.6 Å². The topological polar surface area (TPSA) is 12.0 Å². The molecule has 0 heterocycles. The van der Waals surface area contributed by atoms with Crippen molar-refractivity contribution in [3.8, 4) is 0 Å². The third kappa shape index (κ3) is 4.98. The molecule has 2 saturated carbocycles. The molecule has 1 unspecified atom stereocenters. The lowest BCUT2D eigenvalue weighted by Gasteiger charge is -2.41. The lowest BCUT2D eigenvalue weighted by molar-refractivity contribution is 0.122. The van der Waals surface area contributed by atoms with Gasteiger partial charge < -0.3 is 5.32 Å². The van der Waals surface area contributed by atoms with Crippen LogP contribution in [0.2, 0.25) is 0 Å². The molecular weight excluding hydrogens is 254 g/mol. The Labute approximate surface area is 133 Å². The van der Waals surface area contributed by atoms with Gasteiger partial charge in [-0.05, 0) is 54.8 Å². The van der Waals surface area contributed by atoms with Crippen molar-refractivity contribution in [1.29, 1.82) is 0 Å². The summed E-state index contributed by atoms with van der Waals surface area (Å²) in [6.45, 7) is 13.5. The monoisotopic (exact) mass is 293 g/mol. The molecule has 2 atom stereocenters. The number of hydrogen-bond donors (Lipinski definition) is 1. The number of hydrogen-bond acceptors (Lipinski definition) is 1. The fourth-order valence-corrected chi connectivity index (χ4v) is 4.60. The summed E-state index contributed by atoms with van der Waals surface area (Å²) in [5.74, 6) is 1.85. The van der Waals surface area contributed by atoms with E-state index in [-0.39, 0.29) is 0 Å². The Morgan fingerprint density at radius 2 is 1.38 bits per heavy atom. The van der Waals surface area contributed by atoms with Crippen LogP contribution >= 0.6 is 0 Å². The van der Waals surface area contributed by atoms with Gasteiger partial charge in [-0.1, -0.05) is 60.3 Å². The zero-order valence-corrected chi connectivity index (χ0v) is 15.3. The van der Waals surface area contributed by atoms with Gasteiger partial charge in [0.25, 0.3) is 0 Å². The van der Waals surface area contributed by atoms with Crippen molar-refractivity contribution in [3.63, 3.8) is 0 Å². The van der Waals surface area contributed by atoms with Crippen LogP contribution in [0.5, 0.6) is 0 Å². The van der Waals surface area contributed by atoms with Crippen molar-refractivity contribution in [1.82, 2.24) is 5.32 Å². The summed E-state index contributed by atoms with van der Waals surface area (Å²) in [5, 5.41) is 3.96. The zero-order valence-electron chi connectivity index (χ0n) is 15.3. The van der Waals surface area contributed by atoms with Crippen LogP contribution in [0.3, 0.4) is 0 Å². The van der Waals surface area contributed by atoms with Crippen molar-refractivity contribution in [2.24, 2.45) is 22.7 Å². The minimum absolute atomic E-state index is 0.481. The first kappa shape index (κ1) is 17.3. The minimum atomic E-state index is 0.481. The fraction of sp³-hybridized carbons (Fsp3) is 1.00. The van der Waals surface area contributed by atoms with Gasteiger partial charge in [0.15, 0.2) is 0 Å². The predicted molar refractivity (Wildman–Crippen MR) is 93.6 cm³/mol. The SMILES string of the molecule is CC(C)(C)C1CCC[C@@H](NCC(C)(C)C2CCCCC2)C1. The Hall–Kier alpha value is -0.0400. The predicted octanol–water partition coefficient (Wildman–Crippen LogP) is 5.79. The molecule has 0 bridgehead atoms. The summed E-state index contributed by atoms with van der Waals surface area (Å²) >= 11 is 0. The maximum atomic E-state index is 3.96. The first-order chi connectivity index (χ1) is 9.79. The van der Waals surface area contributed by atoms with E-state index < -0.39 is 0 Å². The molecule has 124 valence electrons. The normalized spacial score (nSPS) is 29.6. The highest BCUT2D eigenvalue weighted by Crippen LogP contribution is 2.40. The van der Waals surface area contributed by atoms with Gasteiger partial charge in [0.1, 0.15) is 0 Å². The fourth-order valence-electron chi connectivity index (χ4n) is 4.60. The Bertz CT molecular complexity index is 306. The quantitative estimate of drug-likeness (QED) is 0.692. The highest BCUT2D eigenvalue weighted by molar-refractivity contribution is 4.88. The second-order valence-electron chi connectivity index (χ2n) is 9.63. The van der Waals surface area contributed by atoms with E-state index in [4.69, 9.17) is 0 Å². The van der Waals surface area contributed by atoms with Crippen LogP contribution in [0, 0.1) is 22.7 Å². The Balaban J connectivity index is 1.81. The first-order valence-electron chi connectivity index (χ1n) is 9.52. The van der Waals surface area contributed by atoms with Crippen LogP contribution < -0.4 is 5.32 Å². The van der Waals surface area contributed by atoms with E-state index in [9.17, 15) is 0 Å². The summed E-state index contributed by atoms with van der Waals surface area (Å²) < 4.78 is 0. The van der Waals surface area contributed by atoms with Gasteiger partial charge in [0.2, 0.25) is 0 Å². The molecule has 2 fully saturated rings. The van der Waals surface area contributed by atoms with Gasteiger partial charge in [-0.15, -0.1) is 0 Å². The molecule has 0 saturated heterocycles. The van der Waals surface area contributed by atoms with E-state index >= 15 is 0 Å². The molecule has 21 heavy (non-hydrogen) atoms. The molecule has 0 amide bonds. The molecule has 0 radical (unpaired) electrons. The van der Waals surface area contributed by atoms with Crippen molar-refractivity contribution in [2.75, 3.05) is 6.54 Å². The van der Waals surface area contributed by atoms with Crippen LogP contribution in [0.4, 0.5) is 0 Å². The van der Waals surface area contributed by atoms with Gasteiger partial charge in [0.05, 0.1) is 0 Å². The average molecular weight is 294 g/mol. The second kappa shape index (κ2) is 7.02. The molecule has 0 aromatic rings. The highest BCUT2D eigenvalue weighted by atomic mass is 14.9. The minimum Gasteiger partial charge on any atom is -0.313 e. The van der Waals surface area contributed by atoms with Crippen molar-refractivity contribution < 1.29 is 0 Å². The van der Waals surface area contributed by atoms with E-state index in [0.29, 0.717) is 10.8 Å². The van der Waals surface area contributed by atoms with Gasteiger partial charge in [-0.2, -0.15) is 0 Å². The van der Waals surface area contributed by atoms with Gasteiger partial charge in [-0.3, -0.25) is 0 Å². The van der Waals surface area contributed by atoms with Crippen LogP contribution in [0.1, 0.15) is 92.4 Å². The van der Waals surface area contributed by atoms with E-state index in [2.05, 4.69) is 39.9 Å². The molecule has 2 aliphatic carbocycles. The van der Waals surface area contributed by atoms with Gasteiger partial charge in [0, 0.05) is 12.6 Å². The molecule has 1 N–H and O–H groups in total. The Morgan fingerprint density at radius 3 is 2.00 bits per heavy atom. The summed E-state index contributed by atoms with van der Waals surface area (Å²) in [7, 11) is 0. The van der Waals surface area contributed by atoms with Crippen LogP contribution in [0.25, 0.3) is 0 Å². The molecule has 2 aliphatic rings. The standard InChI is InChI=1S/C20H39N/c1-19(2,3)17-12-9-13-18(14-17)21-15-20(4,5)16-10-7-6-8-11-16/h16-18,21H,6-15H2,1-5H3/t17?,18-/m1/s1. The van der Waals surface area contributed by atoms with Crippen LogP contribution in [0.15, 0.2) is 0 Å². The van der Waals surface area contributed by atoms with E-state index in [1.54, 1.807) is 0 Å². The highest BCUT2D eigenvalue weighted by Gasteiger charge is 2.33. The molecule has 1 nitrogen and oxygen atoms in total. The summed E-state index contributed by atoms with van der Waals surface area (Å²) in [5.41, 5.74) is 0.967. The first-order valence-corrected chi connectivity index (χ1v) is 9.52. The molecule has 0 aliphatic heterocycles. The molecular formula is C20H39N. The summed E-state index contributed by atoms with van der Waals surface area (Å²) in [6, 6.07) is 0.769. The number of rotatable bonds is 4. The lowest BCUT2D eigenvalue weighted by Crippen LogP contribution is -2.44. The maximum absolute atomic E-state index is 3.96. The largest absolute Gasteiger partial charge is 0.313 e. The average Bonchev–Trinajstić information content (AvgIpc) is 2.46. The van der Waals surface area contributed by atoms with E-state index in [1.807, 2.05) is 0 Å². The third-order valence-corrected chi connectivity index (χ3v) is 6.46. The van der Waals surface area contributed by atoms with E-state index in [0.717, 1.165) is 17.9 Å². The molecule has 1 heteroatoms. The van der Waals surface area contributed by atoms with Crippen molar-refractivity contribution in [3.05, 3.63) is 0 Å². The maximum Gasteiger partial charge on any atom is 0.00701 e. The van der Waals surface area contributed by atoms with E-state index in [1.165, 1.54) is 64.3 Å². The summed E-state index contributed by atoms with van der Waals surface area (Å²) in [4.78, 5) is 0. The zero-order chi connectivity index (χ0) is 15.5. The second-order valence-corrected chi connectivity index (χ2v) is 9.63. The number of nitrogens with one attached hydrogen (secondary N) is 1. The molecule has 0 aromatic heterocycles.